The van der Waals surface area contributed by atoms with Crippen molar-refractivity contribution >= 4 is 15.9 Å². The second-order valence-electron chi connectivity index (χ2n) is 8.39. The molecular formula is C24H32N2O3S. The first kappa shape index (κ1) is 22.5. The highest BCUT2D eigenvalue weighted by molar-refractivity contribution is 7.89. The molecule has 1 amide bonds. The highest BCUT2D eigenvalue weighted by Gasteiger charge is 2.33. The molecule has 0 aromatic heterocycles. The van der Waals surface area contributed by atoms with E-state index in [9.17, 15) is 13.2 Å². The molecular weight excluding hydrogens is 396 g/mol. The van der Waals surface area contributed by atoms with Gasteiger partial charge in [-0.3, -0.25) is 4.79 Å². The van der Waals surface area contributed by atoms with Gasteiger partial charge in [0.05, 0.1) is 4.90 Å². The van der Waals surface area contributed by atoms with Crippen LogP contribution in [0, 0.1) is 27.7 Å². The van der Waals surface area contributed by atoms with Gasteiger partial charge in [0.1, 0.15) is 0 Å². The molecule has 0 radical (unpaired) electrons. The molecule has 0 unspecified atom stereocenters. The van der Waals surface area contributed by atoms with E-state index in [2.05, 4.69) is 6.92 Å². The lowest BCUT2D eigenvalue weighted by Gasteiger charge is -2.35. The zero-order valence-corrected chi connectivity index (χ0v) is 19.4. The van der Waals surface area contributed by atoms with Gasteiger partial charge in [-0.1, -0.05) is 43.3 Å². The normalized spacial score (nSPS) is 16.5. The Balaban J connectivity index is 1.69. The Morgan fingerprint density at radius 1 is 0.933 bits per heavy atom. The fourth-order valence-electron chi connectivity index (χ4n) is 4.17. The van der Waals surface area contributed by atoms with Crippen molar-refractivity contribution in [3.63, 3.8) is 0 Å². The molecule has 1 heterocycles. The van der Waals surface area contributed by atoms with E-state index in [1.807, 2.05) is 64.1 Å². The number of benzene rings is 2. The highest BCUT2D eigenvalue weighted by Crippen LogP contribution is 2.29. The van der Waals surface area contributed by atoms with Gasteiger partial charge in [0.15, 0.2) is 0 Å². The maximum atomic E-state index is 13.4. The predicted octanol–water partition coefficient (Wildman–Crippen LogP) is 3.95. The molecule has 5 nitrogen and oxygen atoms in total. The van der Waals surface area contributed by atoms with Gasteiger partial charge in [0, 0.05) is 32.6 Å². The second kappa shape index (κ2) is 8.90. The van der Waals surface area contributed by atoms with E-state index in [1.54, 1.807) is 4.90 Å². The molecule has 1 saturated heterocycles. The Labute approximate surface area is 180 Å². The molecule has 1 fully saturated rings. The molecule has 1 atom stereocenters. The lowest BCUT2D eigenvalue weighted by atomic mass is 9.97. The number of aryl methyl sites for hydroxylation is 2. The van der Waals surface area contributed by atoms with Gasteiger partial charge >= 0.3 is 0 Å². The van der Waals surface area contributed by atoms with E-state index < -0.39 is 10.0 Å². The van der Waals surface area contributed by atoms with Crippen molar-refractivity contribution in [2.45, 2.75) is 51.9 Å². The summed E-state index contributed by atoms with van der Waals surface area (Å²) < 4.78 is 28.3. The number of sulfonamides is 1. The first-order valence-electron chi connectivity index (χ1n) is 10.5. The molecule has 0 saturated carbocycles. The first-order chi connectivity index (χ1) is 14.1. The van der Waals surface area contributed by atoms with Crippen LogP contribution in [-0.4, -0.2) is 49.7 Å². The largest absolute Gasteiger partial charge is 0.340 e. The number of rotatable bonds is 5. The topological polar surface area (TPSA) is 57.7 Å². The Kier molecular flexibility index (Phi) is 6.68. The van der Waals surface area contributed by atoms with Crippen molar-refractivity contribution in [2.24, 2.45) is 0 Å². The quantitative estimate of drug-likeness (QED) is 0.725. The van der Waals surface area contributed by atoms with E-state index in [0.29, 0.717) is 37.5 Å². The second-order valence-corrected chi connectivity index (χ2v) is 10.3. The summed E-state index contributed by atoms with van der Waals surface area (Å²) in [5.74, 6) is 0.225. The number of nitrogens with zero attached hydrogens (tertiary/aromatic N) is 2. The maximum Gasteiger partial charge on any atom is 0.243 e. The Morgan fingerprint density at radius 2 is 1.47 bits per heavy atom. The van der Waals surface area contributed by atoms with Crippen molar-refractivity contribution in [2.75, 3.05) is 26.2 Å². The SMILES string of the molecule is Cc1cc(C)c(C)c(S(=O)(=O)N2CCN(C(=O)C[C@H](C)c3ccccc3)CC2)c1C. The van der Waals surface area contributed by atoms with E-state index in [0.717, 1.165) is 27.8 Å². The van der Waals surface area contributed by atoms with Gasteiger partial charge in [-0.2, -0.15) is 4.31 Å². The molecule has 6 heteroatoms. The Hall–Kier alpha value is -2.18. The predicted molar refractivity (Wildman–Crippen MR) is 120 cm³/mol. The summed E-state index contributed by atoms with van der Waals surface area (Å²) in [6, 6.07) is 12.0. The Morgan fingerprint density at radius 3 is 2.00 bits per heavy atom. The van der Waals surface area contributed by atoms with Crippen LogP contribution in [0.25, 0.3) is 0 Å². The average molecular weight is 429 g/mol. The number of amides is 1. The third kappa shape index (κ3) is 4.44. The third-order valence-corrected chi connectivity index (χ3v) is 8.51. The summed E-state index contributed by atoms with van der Waals surface area (Å²) in [5, 5.41) is 0. The fraction of sp³-hybridized carbons (Fsp3) is 0.458. The van der Waals surface area contributed by atoms with Gasteiger partial charge in [0.2, 0.25) is 15.9 Å². The minimum atomic E-state index is -3.59. The van der Waals surface area contributed by atoms with Gasteiger partial charge in [0.25, 0.3) is 0 Å². The fourth-order valence-corrected chi connectivity index (χ4v) is 6.16. The molecule has 162 valence electrons. The van der Waals surface area contributed by atoms with Gasteiger partial charge in [-0.25, -0.2) is 8.42 Å². The van der Waals surface area contributed by atoms with E-state index in [4.69, 9.17) is 0 Å². The standard InChI is InChI=1S/C24H32N2O3S/c1-17-15-18(2)21(5)24(20(17)4)30(28,29)26-13-11-25(12-14-26)23(27)16-19(3)22-9-7-6-8-10-22/h6-10,15,19H,11-14,16H2,1-5H3/t19-/m0/s1. The third-order valence-electron chi connectivity index (χ3n) is 6.34. The first-order valence-corrected chi connectivity index (χ1v) is 12.0. The average Bonchev–Trinajstić information content (AvgIpc) is 2.73. The maximum absolute atomic E-state index is 13.4. The molecule has 2 aromatic rings. The summed E-state index contributed by atoms with van der Waals surface area (Å²) in [7, 11) is -3.59. The number of carbonyl (C=O) groups excluding carboxylic acids is 1. The molecule has 1 aliphatic rings. The molecule has 0 bridgehead atoms. The number of carbonyl (C=O) groups is 1. The van der Waals surface area contributed by atoms with Crippen LogP contribution in [0.4, 0.5) is 0 Å². The lowest BCUT2D eigenvalue weighted by molar-refractivity contribution is -0.132. The molecule has 1 aliphatic heterocycles. The minimum absolute atomic E-state index is 0.0853. The molecule has 3 rings (SSSR count). The summed E-state index contributed by atoms with van der Waals surface area (Å²) in [6.07, 6.45) is 0.437. The van der Waals surface area contributed by atoms with Crippen LogP contribution in [0.3, 0.4) is 0 Å². The summed E-state index contributed by atoms with van der Waals surface area (Å²) in [5.41, 5.74) is 4.75. The van der Waals surface area contributed by atoms with Crippen LogP contribution in [0.2, 0.25) is 0 Å². The number of piperazine rings is 1. The summed E-state index contributed by atoms with van der Waals surface area (Å²) >= 11 is 0. The van der Waals surface area contributed by atoms with Crippen LogP contribution in [0.15, 0.2) is 41.3 Å². The molecule has 30 heavy (non-hydrogen) atoms. The number of hydrogen-bond donors (Lipinski definition) is 0. The van der Waals surface area contributed by atoms with E-state index in [-0.39, 0.29) is 11.8 Å². The molecule has 0 N–H and O–H groups in total. The summed E-state index contributed by atoms with van der Waals surface area (Å²) in [4.78, 5) is 15.0. The highest BCUT2D eigenvalue weighted by atomic mass is 32.2. The lowest BCUT2D eigenvalue weighted by Crippen LogP contribution is -2.50. The van der Waals surface area contributed by atoms with Crippen molar-refractivity contribution in [1.29, 1.82) is 0 Å². The van der Waals surface area contributed by atoms with Crippen LogP contribution in [0.1, 0.15) is 47.1 Å². The van der Waals surface area contributed by atoms with E-state index >= 15 is 0 Å². The van der Waals surface area contributed by atoms with Crippen molar-refractivity contribution < 1.29 is 13.2 Å². The molecule has 0 spiro atoms. The molecule has 0 aliphatic carbocycles. The summed E-state index contributed by atoms with van der Waals surface area (Å²) in [6.45, 7) is 11.2. The smallest absolute Gasteiger partial charge is 0.243 e. The van der Waals surface area contributed by atoms with Crippen LogP contribution in [0.5, 0.6) is 0 Å². The monoisotopic (exact) mass is 428 g/mol. The van der Waals surface area contributed by atoms with Crippen molar-refractivity contribution in [1.82, 2.24) is 9.21 Å². The van der Waals surface area contributed by atoms with E-state index in [1.165, 1.54) is 4.31 Å². The Bertz CT molecular complexity index is 998. The van der Waals surface area contributed by atoms with Gasteiger partial charge in [-0.15, -0.1) is 0 Å². The van der Waals surface area contributed by atoms with Crippen molar-refractivity contribution in [3.8, 4) is 0 Å². The van der Waals surface area contributed by atoms with Crippen LogP contribution >= 0.6 is 0 Å². The van der Waals surface area contributed by atoms with Crippen molar-refractivity contribution in [3.05, 3.63) is 64.2 Å². The zero-order valence-electron chi connectivity index (χ0n) is 18.6. The minimum Gasteiger partial charge on any atom is -0.340 e. The zero-order chi connectivity index (χ0) is 22.1. The molecule has 2 aromatic carbocycles. The van der Waals surface area contributed by atoms with Gasteiger partial charge < -0.3 is 4.90 Å². The van der Waals surface area contributed by atoms with Crippen LogP contribution < -0.4 is 0 Å². The van der Waals surface area contributed by atoms with Crippen LogP contribution in [-0.2, 0) is 14.8 Å². The number of hydrogen-bond acceptors (Lipinski definition) is 3. The van der Waals surface area contributed by atoms with Gasteiger partial charge in [-0.05, 0) is 61.4 Å².